The van der Waals surface area contributed by atoms with Gasteiger partial charge in [-0.2, -0.15) is 0 Å². The average molecular weight is 296 g/mol. The second kappa shape index (κ2) is 4.03. The minimum atomic E-state index is -0.992. The summed E-state index contributed by atoms with van der Waals surface area (Å²) in [5.41, 5.74) is 2.20. The van der Waals surface area contributed by atoms with E-state index in [0.29, 0.717) is 0 Å². The molecule has 0 amide bonds. The Morgan fingerprint density at radius 2 is 1.57 bits per heavy atom. The molecule has 0 saturated carbocycles. The number of hydrogen-bond acceptors (Lipinski definition) is 0. The van der Waals surface area contributed by atoms with Crippen LogP contribution in [0.1, 0.15) is 31.9 Å². The van der Waals surface area contributed by atoms with Crippen molar-refractivity contribution >= 4 is 39.1 Å². The molecule has 0 bridgehead atoms. The van der Waals surface area contributed by atoms with Gasteiger partial charge in [-0.3, -0.25) is 0 Å². The molecule has 0 nitrogen and oxygen atoms in total. The van der Waals surface area contributed by atoms with Gasteiger partial charge >= 0.3 is 0 Å². The van der Waals surface area contributed by atoms with E-state index in [4.69, 9.17) is 23.2 Å². The molecule has 0 aliphatic carbocycles. The third-order valence-electron chi connectivity index (χ3n) is 2.06. The van der Waals surface area contributed by atoms with Crippen LogP contribution in [-0.2, 0) is 8.66 Å². The van der Waals surface area contributed by atoms with Crippen LogP contribution in [0.25, 0.3) is 0 Å². The van der Waals surface area contributed by atoms with Crippen LogP contribution >= 0.6 is 39.1 Å². The molecule has 0 aliphatic rings. The Morgan fingerprint density at radius 3 is 2.00 bits per heavy atom. The summed E-state index contributed by atoms with van der Waals surface area (Å²) in [6.07, 6.45) is 0. The van der Waals surface area contributed by atoms with E-state index in [0.717, 1.165) is 5.56 Å². The molecule has 0 radical (unpaired) electrons. The first-order chi connectivity index (χ1) is 6.21. The van der Waals surface area contributed by atoms with Crippen molar-refractivity contribution < 1.29 is 0 Å². The van der Waals surface area contributed by atoms with Gasteiger partial charge in [0.05, 0.1) is 0 Å². The third kappa shape index (κ3) is 3.15. The van der Waals surface area contributed by atoms with Crippen LogP contribution in [0.15, 0.2) is 24.3 Å². The van der Waals surface area contributed by atoms with Crippen LogP contribution in [0.4, 0.5) is 0 Å². The van der Waals surface area contributed by atoms with Crippen LogP contribution < -0.4 is 0 Å². The van der Waals surface area contributed by atoms with E-state index in [1.807, 2.05) is 18.2 Å². The largest absolute Gasteiger partial charge is 0.197 e. The van der Waals surface area contributed by atoms with Crippen molar-refractivity contribution in [3.05, 3.63) is 35.4 Å². The first-order valence-electron chi connectivity index (χ1n) is 4.39. The van der Waals surface area contributed by atoms with Crippen molar-refractivity contribution in [1.82, 2.24) is 0 Å². The summed E-state index contributed by atoms with van der Waals surface area (Å²) in [6.45, 7) is 6.47. The molecule has 1 aromatic rings. The molecule has 14 heavy (non-hydrogen) atoms. The predicted molar refractivity (Wildman–Crippen MR) is 67.5 cm³/mol. The summed E-state index contributed by atoms with van der Waals surface area (Å²) < 4.78 is -0.992. The summed E-state index contributed by atoms with van der Waals surface area (Å²) in [4.78, 5) is 0. The third-order valence-corrected chi connectivity index (χ3v) is 2.95. The van der Waals surface area contributed by atoms with Crippen molar-refractivity contribution in [3.8, 4) is 0 Å². The summed E-state index contributed by atoms with van der Waals surface area (Å²) >= 11 is 15.1. The molecule has 0 unspecified atom stereocenters. The molecule has 0 spiro atoms. The first-order valence-corrected chi connectivity index (χ1v) is 5.94. The lowest BCUT2D eigenvalue weighted by molar-refractivity contribution is 0.589. The lowest BCUT2D eigenvalue weighted by atomic mass is 9.86. The quantitative estimate of drug-likeness (QED) is 0.642. The van der Waals surface area contributed by atoms with Crippen LogP contribution in [0.5, 0.6) is 0 Å². The lowest BCUT2D eigenvalue weighted by Crippen LogP contribution is -2.12. The van der Waals surface area contributed by atoms with Crippen molar-refractivity contribution in [2.45, 2.75) is 29.4 Å². The maximum Gasteiger partial charge on any atom is 0.197 e. The van der Waals surface area contributed by atoms with Crippen LogP contribution in [0, 0.1) is 0 Å². The molecule has 0 N–H and O–H groups in total. The molecule has 0 atom stereocenters. The zero-order valence-corrected chi connectivity index (χ0v) is 11.5. The highest BCUT2D eigenvalue weighted by Gasteiger charge is 2.23. The molecule has 1 aromatic carbocycles. The van der Waals surface area contributed by atoms with E-state index < -0.39 is 3.24 Å². The second-order valence-corrected chi connectivity index (χ2v) is 7.76. The smallest absolute Gasteiger partial charge is 0.0834 e. The Morgan fingerprint density at radius 1 is 1.07 bits per heavy atom. The zero-order valence-electron chi connectivity index (χ0n) is 8.44. The number of rotatable bonds is 1. The minimum Gasteiger partial charge on any atom is -0.0834 e. The van der Waals surface area contributed by atoms with Gasteiger partial charge in [-0.05, 0) is 32.5 Å². The highest BCUT2D eigenvalue weighted by Crippen LogP contribution is 2.41. The van der Waals surface area contributed by atoms with E-state index in [1.165, 1.54) is 5.56 Å². The Hall–Kier alpha value is 0.280. The summed E-state index contributed by atoms with van der Waals surface area (Å²) in [7, 11) is 0. The van der Waals surface area contributed by atoms with Crippen molar-refractivity contribution in [1.29, 1.82) is 0 Å². The van der Waals surface area contributed by atoms with Gasteiger partial charge in [0, 0.05) is 0 Å². The first kappa shape index (κ1) is 12.4. The molecule has 0 aliphatic heterocycles. The van der Waals surface area contributed by atoms with E-state index in [-0.39, 0.29) is 5.41 Å². The van der Waals surface area contributed by atoms with Crippen LogP contribution in [-0.4, -0.2) is 0 Å². The van der Waals surface area contributed by atoms with E-state index in [2.05, 4.69) is 42.8 Å². The van der Waals surface area contributed by atoms with Gasteiger partial charge in [-0.15, -0.1) is 0 Å². The Balaban J connectivity index is 3.15. The normalized spacial score (nSPS) is 13.0. The summed E-state index contributed by atoms with van der Waals surface area (Å²) in [5.74, 6) is 0. The summed E-state index contributed by atoms with van der Waals surface area (Å²) in [6, 6.07) is 7.98. The molecule has 3 heteroatoms. The fraction of sp³-hybridized carbons (Fsp3) is 0.455. The Bertz CT molecular complexity index is 292. The monoisotopic (exact) mass is 294 g/mol. The van der Waals surface area contributed by atoms with E-state index in [9.17, 15) is 0 Å². The fourth-order valence-corrected chi connectivity index (χ4v) is 1.64. The topological polar surface area (TPSA) is 0 Å². The molecule has 0 aromatic heterocycles. The molecular formula is C11H13BrCl2. The van der Waals surface area contributed by atoms with Crippen LogP contribution in [0.2, 0.25) is 0 Å². The van der Waals surface area contributed by atoms with Crippen molar-refractivity contribution in [2.24, 2.45) is 0 Å². The zero-order chi connectivity index (χ0) is 11.0. The van der Waals surface area contributed by atoms with Gasteiger partial charge < -0.3 is 0 Å². The number of halogens is 3. The van der Waals surface area contributed by atoms with Gasteiger partial charge in [-0.1, -0.05) is 68.2 Å². The average Bonchev–Trinajstić information content (AvgIpc) is 2.01. The minimum absolute atomic E-state index is 0.113. The second-order valence-electron chi connectivity index (χ2n) is 4.33. The van der Waals surface area contributed by atoms with Gasteiger partial charge in [0.2, 0.25) is 0 Å². The molecular weight excluding hydrogens is 283 g/mol. The predicted octanol–water partition coefficient (Wildman–Crippen LogP) is 4.97. The maximum atomic E-state index is 5.96. The van der Waals surface area contributed by atoms with Gasteiger partial charge in [-0.25, -0.2) is 0 Å². The number of benzene rings is 1. The molecule has 78 valence electrons. The molecule has 1 rings (SSSR count). The molecule has 0 heterocycles. The molecule has 0 saturated heterocycles. The fourth-order valence-electron chi connectivity index (χ4n) is 1.16. The van der Waals surface area contributed by atoms with E-state index in [1.54, 1.807) is 0 Å². The van der Waals surface area contributed by atoms with Crippen molar-refractivity contribution in [2.75, 3.05) is 0 Å². The van der Waals surface area contributed by atoms with Crippen molar-refractivity contribution in [3.63, 3.8) is 0 Å². The highest BCUT2D eigenvalue weighted by molar-refractivity contribution is 9.10. The van der Waals surface area contributed by atoms with Gasteiger partial charge in [0.1, 0.15) is 0 Å². The Kier molecular flexibility index (Phi) is 3.56. The standard InChI is InChI=1S/C11H13BrCl2/c1-10(2,3)8-5-4-6-9(7-8)11(12,13)14/h4-7H,1-3H3. The Labute approximate surface area is 104 Å². The lowest BCUT2D eigenvalue weighted by Gasteiger charge is -2.21. The summed E-state index contributed by atoms with van der Waals surface area (Å²) in [5, 5.41) is 0. The van der Waals surface area contributed by atoms with Crippen LogP contribution in [0.3, 0.4) is 0 Å². The van der Waals surface area contributed by atoms with Gasteiger partial charge in [0.15, 0.2) is 3.24 Å². The highest BCUT2D eigenvalue weighted by atomic mass is 79.9. The van der Waals surface area contributed by atoms with E-state index >= 15 is 0 Å². The number of alkyl halides is 3. The van der Waals surface area contributed by atoms with Gasteiger partial charge in [0.25, 0.3) is 0 Å². The maximum absolute atomic E-state index is 5.96. The SMILES string of the molecule is CC(C)(C)c1cccc(C(Cl)(Cl)Br)c1. The molecule has 0 fully saturated rings. The number of hydrogen-bond donors (Lipinski definition) is 0.